The van der Waals surface area contributed by atoms with Gasteiger partial charge >= 0.3 is 0 Å². The minimum Gasteiger partial charge on any atom is -0.393 e. The minimum absolute atomic E-state index is 0.0292. The number of hydrogen-bond donors (Lipinski definition) is 1. The van der Waals surface area contributed by atoms with Gasteiger partial charge in [0.2, 0.25) is 0 Å². The van der Waals surface area contributed by atoms with E-state index in [1.54, 1.807) is 0 Å². The van der Waals surface area contributed by atoms with Gasteiger partial charge in [-0.3, -0.25) is 0 Å². The van der Waals surface area contributed by atoms with Crippen LogP contribution in [0.1, 0.15) is 51.9 Å². The molecule has 0 aromatic heterocycles. The second-order valence-corrected chi connectivity index (χ2v) is 4.56. The number of aliphatic hydroxyl groups excluding tert-OH is 1. The second kappa shape index (κ2) is 6.41. The Morgan fingerprint density at radius 1 is 1.29 bits per heavy atom. The SMILES string of the molecule is CCCC(CC1CCC(O)CC1)OC. The highest BCUT2D eigenvalue weighted by Gasteiger charge is 2.22. The molecule has 0 spiro atoms. The summed E-state index contributed by atoms with van der Waals surface area (Å²) in [6, 6.07) is 0. The molecule has 0 aromatic carbocycles. The van der Waals surface area contributed by atoms with Gasteiger partial charge in [-0.25, -0.2) is 0 Å². The van der Waals surface area contributed by atoms with Crippen LogP contribution in [0, 0.1) is 5.92 Å². The van der Waals surface area contributed by atoms with Crippen molar-refractivity contribution in [1.82, 2.24) is 0 Å². The maximum Gasteiger partial charge on any atom is 0.0573 e. The smallest absolute Gasteiger partial charge is 0.0573 e. The van der Waals surface area contributed by atoms with Crippen LogP contribution in [0.4, 0.5) is 0 Å². The van der Waals surface area contributed by atoms with Crippen LogP contribution in [0.15, 0.2) is 0 Å². The van der Waals surface area contributed by atoms with Crippen LogP contribution in [-0.4, -0.2) is 24.4 Å². The normalized spacial score (nSPS) is 30.2. The first-order chi connectivity index (χ1) is 6.76. The number of aliphatic hydroxyl groups is 1. The van der Waals surface area contributed by atoms with E-state index >= 15 is 0 Å². The minimum atomic E-state index is -0.0292. The summed E-state index contributed by atoms with van der Waals surface area (Å²) in [7, 11) is 1.82. The molecule has 2 heteroatoms. The van der Waals surface area contributed by atoms with Crippen molar-refractivity contribution in [2.45, 2.75) is 64.1 Å². The third kappa shape index (κ3) is 3.97. The Hall–Kier alpha value is -0.0800. The monoisotopic (exact) mass is 200 g/mol. The number of hydrogen-bond acceptors (Lipinski definition) is 2. The Bertz CT molecular complexity index is 139. The van der Waals surface area contributed by atoms with Gasteiger partial charge in [0.1, 0.15) is 0 Å². The Morgan fingerprint density at radius 2 is 1.93 bits per heavy atom. The fraction of sp³-hybridized carbons (Fsp3) is 1.00. The van der Waals surface area contributed by atoms with Gasteiger partial charge in [0, 0.05) is 7.11 Å². The standard InChI is InChI=1S/C12H24O2/c1-3-4-12(14-2)9-10-5-7-11(13)8-6-10/h10-13H,3-9H2,1-2H3. The van der Waals surface area contributed by atoms with E-state index in [0.29, 0.717) is 6.10 Å². The molecule has 0 bridgehead atoms. The first-order valence-corrected chi connectivity index (χ1v) is 5.97. The van der Waals surface area contributed by atoms with Gasteiger partial charge in [0.25, 0.3) is 0 Å². The van der Waals surface area contributed by atoms with Crippen molar-refractivity contribution in [3.8, 4) is 0 Å². The quantitative estimate of drug-likeness (QED) is 0.739. The molecule has 1 unspecified atom stereocenters. The summed E-state index contributed by atoms with van der Waals surface area (Å²) in [5, 5.41) is 9.39. The molecule has 1 aliphatic rings. The van der Waals surface area contributed by atoms with E-state index in [9.17, 15) is 5.11 Å². The summed E-state index contributed by atoms with van der Waals surface area (Å²) in [5.74, 6) is 0.787. The fourth-order valence-electron chi connectivity index (χ4n) is 2.41. The van der Waals surface area contributed by atoms with E-state index < -0.39 is 0 Å². The van der Waals surface area contributed by atoms with Gasteiger partial charge in [-0.1, -0.05) is 13.3 Å². The van der Waals surface area contributed by atoms with E-state index in [0.717, 1.165) is 18.8 Å². The van der Waals surface area contributed by atoms with Crippen molar-refractivity contribution in [2.24, 2.45) is 5.92 Å². The van der Waals surface area contributed by atoms with Crippen LogP contribution in [0.25, 0.3) is 0 Å². The summed E-state index contributed by atoms with van der Waals surface area (Å²) < 4.78 is 5.46. The summed E-state index contributed by atoms with van der Waals surface area (Å²) >= 11 is 0. The highest BCUT2D eigenvalue weighted by molar-refractivity contribution is 4.74. The van der Waals surface area contributed by atoms with E-state index in [4.69, 9.17) is 4.74 Å². The summed E-state index contributed by atoms with van der Waals surface area (Å²) in [4.78, 5) is 0. The molecule has 1 aliphatic carbocycles. The molecule has 0 aromatic rings. The largest absolute Gasteiger partial charge is 0.393 e. The van der Waals surface area contributed by atoms with E-state index in [2.05, 4.69) is 6.92 Å². The van der Waals surface area contributed by atoms with Gasteiger partial charge < -0.3 is 9.84 Å². The topological polar surface area (TPSA) is 29.5 Å². The molecular weight excluding hydrogens is 176 g/mol. The van der Waals surface area contributed by atoms with Crippen LogP contribution in [0.5, 0.6) is 0 Å². The maximum atomic E-state index is 9.39. The van der Waals surface area contributed by atoms with Crippen molar-refractivity contribution in [3.05, 3.63) is 0 Å². The third-order valence-corrected chi connectivity index (χ3v) is 3.36. The Labute approximate surface area is 87.7 Å². The molecule has 1 N–H and O–H groups in total. The molecule has 0 radical (unpaired) electrons. The molecule has 1 saturated carbocycles. The zero-order chi connectivity index (χ0) is 10.4. The van der Waals surface area contributed by atoms with E-state index in [1.807, 2.05) is 7.11 Å². The maximum absolute atomic E-state index is 9.39. The number of methoxy groups -OCH3 is 1. The molecule has 0 heterocycles. The van der Waals surface area contributed by atoms with Crippen LogP contribution >= 0.6 is 0 Å². The first-order valence-electron chi connectivity index (χ1n) is 5.97. The first kappa shape index (κ1) is 12.0. The lowest BCUT2D eigenvalue weighted by Gasteiger charge is -2.28. The Kier molecular flexibility index (Phi) is 5.49. The van der Waals surface area contributed by atoms with Crippen molar-refractivity contribution in [3.63, 3.8) is 0 Å². The molecule has 0 amide bonds. The molecule has 2 nitrogen and oxygen atoms in total. The summed E-state index contributed by atoms with van der Waals surface area (Å²) in [6.07, 6.45) is 8.34. The van der Waals surface area contributed by atoms with Gasteiger partial charge in [-0.2, -0.15) is 0 Å². The van der Waals surface area contributed by atoms with Crippen LogP contribution in [0.2, 0.25) is 0 Å². The molecule has 14 heavy (non-hydrogen) atoms. The molecule has 1 rings (SSSR count). The lowest BCUT2D eigenvalue weighted by Crippen LogP contribution is -2.23. The van der Waals surface area contributed by atoms with Crippen molar-refractivity contribution in [2.75, 3.05) is 7.11 Å². The average Bonchev–Trinajstić information content (AvgIpc) is 2.20. The van der Waals surface area contributed by atoms with Crippen molar-refractivity contribution >= 4 is 0 Å². The zero-order valence-corrected chi connectivity index (χ0v) is 9.54. The van der Waals surface area contributed by atoms with Crippen LogP contribution in [-0.2, 0) is 4.74 Å². The highest BCUT2D eigenvalue weighted by Crippen LogP contribution is 2.29. The van der Waals surface area contributed by atoms with Gasteiger partial charge in [0.05, 0.1) is 12.2 Å². The Morgan fingerprint density at radius 3 is 2.43 bits per heavy atom. The lowest BCUT2D eigenvalue weighted by molar-refractivity contribution is 0.0491. The van der Waals surface area contributed by atoms with E-state index in [-0.39, 0.29) is 6.10 Å². The number of rotatable bonds is 5. The molecule has 1 fully saturated rings. The second-order valence-electron chi connectivity index (χ2n) is 4.56. The molecule has 1 atom stereocenters. The fourth-order valence-corrected chi connectivity index (χ4v) is 2.41. The molecule has 0 aliphatic heterocycles. The van der Waals surface area contributed by atoms with Gasteiger partial charge in [0.15, 0.2) is 0 Å². The average molecular weight is 200 g/mol. The Balaban J connectivity index is 2.21. The highest BCUT2D eigenvalue weighted by atomic mass is 16.5. The van der Waals surface area contributed by atoms with Crippen LogP contribution < -0.4 is 0 Å². The molecule has 0 saturated heterocycles. The van der Waals surface area contributed by atoms with Crippen LogP contribution in [0.3, 0.4) is 0 Å². The van der Waals surface area contributed by atoms with Gasteiger partial charge in [-0.15, -0.1) is 0 Å². The lowest BCUT2D eigenvalue weighted by atomic mass is 9.83. The van der Waals surface area contributed by atoms with Crippen molar-refractivity contribution < 1.29 is 9.84 Å². The number of ether oxygens (including phenoxy) is 1. The molecule has 84 valence electrons. The van der Waals surface area contributed by atoms with E-state index in [1.165, 1.54) is 32.1 Å². The van der Waals surface area contributed by atoms with Crippen molar-refractivity contribution in [1.29, 1.82) is 0 Å². The summed E-state index contributed by atoms with van der Waals surface area (Å²) in [5.41, 5.74) is 0. The third-order valence-electron chi connectivity index (χ3n) is 3.36. The van der Waals surface area contributed by atoms with Gasteiger partial charge in [-0.05, 0) is 44.4 Å². The summed E-state index contributed by atoms with van der Waals surface area (Å²) in [6.45, 7) is 2.21. The molecular formula is C12H24O2. The predicted octanol–water partition coefficient (Wildman–Crippen LogP) is 2.74. The zero-order valence-electron chi connectivity index (χ0n) is 9.54. The predicted molar refractivity (Wildman–Crippen MR) is 58.3 cm³/mol.